The van der Waals surface area contributed by atoms with E-state index in [1.54, 1.807) is 31.2 Å². The molecule has 0 aliphatic rings. The van der Waals surface area contributed by atoms with E-state index >= 15 is 0 Å². The molecular weight excluding hydrogens is 501 g/mol. The zero-order valence-electron chi connectivity index (χ0n) is 19.9. The Bertz CT molecular complexity index is 1090. The quantitative estimate of drug-likeness (QED) is 0.422. The van der Waals surface area contributed by atoms with Crippen molar-refractivity contribution < 1.29 is 27.8 Å². The molecule has 0 amide bonds. The summed E-state index contributed by atoms with van der Waals surface area (Å²) in [5.41, 5.74) is 0.380. The molecule has 2 aromatic rings. The van der Waals surface area contributed by atoms with Gasteiger partial charge in [-0.05, 0) is 48.7 Å². The molecule has 7 nitrogen and oxygen atoms in total. The molecule has 34 heavy (non-hydrogen) atoms. The summed E-state index contributed by atoms with van der Waals surface area (Å²) in [6, 6.07) is 10.8. The minimum absolute atomic E-state index is 0.0694. The Morgan fingerprint density at radius 1 is 1.03 bits per heavy atom. The van der Waals surface area contributed by atoms with E-state index in [4.69, 9.17) is 32.7 Å². The van der Waals surface area contributed by atoms with Crippen LogP contribution >= 0.6 is 23.2 Å². The molecule has 0 unspecified atom stereocenters. The highest BCUT2D eigenvalue weighted by atomic mass is 35.5. The van der Waals surface area contributed by atoms with Crippen LogP contribution in [0.15, 0.2) is 36.4 Å². The minimum atomic E-state index is -3.43. The van der Waals surface area contributed by atoms with Crippen LogP contribution in [-0.2, 0) is 20.2 Å². The molecule has 0 heterocycles. The summed E-state index contributed by atoms with van der Waals surface area (Å²) in [5, 5.41) is 10.9. The maximum absolute atomic E-state index is 11.8. The molecule has 0 saturated heterocycles. The third-order valence-electron chi connectivity index (χ3n) is 5.52. The number of nitrogens with one attached hydrogen (secondary N) is 1. The van der Waals surface area contributed by atoms with Crippen LogP contribution in [0.1, 0.15) is 45.2 Å². The molecule has 0 aliphatic heterocycles. The third-order valence-corrected chi connectivity index (χ3v) is 6.75. The summed E-state index contributed by atoms with van der Waals surface area (Å²) in [4.78, 5) is 11.8. The zero-order chi connectivity index (χ0) is 25.7. The largest absolute Gasteiger partial charge is 0.487 e. The lowest BCUT2D eigenvalue weighted by Crippen LogP contribution is -2.31. The van der Waals surface area contributed by atoms with Crippen LogP contribution in [0.5, 0.6) is 11.5 Å². The number of Topliss-reactive ketones (excluding diaryl/α,β-unsaturated/α-hetero) is 1. The van der Waals surface area contributed by atoms with Crippen molar-refractivity contribution in [3.63, 3.8) is 0 Å². The molecule has 0 bridgehead atoms. The van der Waals surface area contributed by atoms with Crippen LogP contribution in [0.25, 0.3) is 0 Å². The van der Waals surface area contributed by atoms with Gasteiger partial charge in [0.1, 0.15) is 19.0 Å². The second-order valence-corrected chi connectivity index (χ2v) is 11.6. The number of hydrogen-bond acceptors (Lipinski definition) is 6. The van der Waals surface area contributed by atoms with E-state index in [-0.39, 0.29) is 25.5 Å². The SMILES string of the molecule is CC[C@@](C)(O)COc1c(Cl)cc(C(C)(C)c2ccc(OCC(=O)CNS(C)(=O)=O)cc2)cc1Cl. The number of halogens is 2. The van der Waals surface area contributed by atoms with Crippen LogP contribution in [0.4, 0.5) is 0 Å². The molecule has 10 heteroatoms. The summed E-state index contributed by atoms with van der Waals surface area (Å²) in [5.74, 6) is 0.423. The lowest BCUT2D eigenvalue weighted by atomic mass is 9.78. The molecular formula is C24H31Cl2NO6S. The number of ketones is 1. The maximum Gasteiger partial charge on any atom is 0.209 e. The van der Waals surface area contributed by atoms with Gasteiger partial charge in [0, 0.05) is 5.41 Å². The average molecular weight is 532 g/mol. The Labute approximate surface area is 211 Å². The van der Waals surface area contributed by atoms with Gasteiger partial charge in [-0.25, -0.2) is 13.1 Å². The fraction of sp³-hybridized carbons (Fsp3) is 0.458. The van der Waals surface area contributed by atoms with Gasteiger partial charge in [-0.3, -0.25) is 4.79 Å². The van der Waals surface area contributed by atoms with Gasteiger partial charge in [-0.15, -0.1) is 0 Å². The van der Waals surface area contributed by atoms with Gasteiger partial charge in [0.15, 0.2) is 11.5 Å². The molecule has 1 atom stereocenters. The predicted octanol–water partition coefficient (Wildman–Crippen LogP) is 4.36. The fourth-order valence-electron chi connectivity index (χ4n) is 2.95. The summed E-state index contributed by atoms with van der Waals surface area (Å²) < 4.78 is 35.4. The Morgan fingerprint density at radius 2 is 1.59 bits per heavy atom. The Balaban J connectivity index is 2.11. The van der Waals surface area contributed by atoms with Gasteiger partial charge < -0.3 is 14.6 Å². The van der Waals surface area contributed by atoms with Crippen molar-refractivity contribution in [3.8, 4) is 11.5 Å². The molecule has 188 valence electrons. The standard InChI is InChI=1S/C24H31Cl2NO6S/c1-6-24(4,29)15-33-22-20(25)11-17(12-21(22)26)23(2,3)16-7-9-19(10-8-16)32-14-18(28)13-27-34(5,30)31/h7-12,27,29H,6,13-15H2,1-5H3/t24-/m1/s1. The first-order valence-corrected chi connectivity index (χ1v) is 13.3. The van der Waals surface area contributed by atoms with Gasteiger partial charge >= 0.3 is 0 Å². The maximum atomic E-state index is 11.8. The Kier molecular flexibility index (Phi) is 9.41. The van der Waals surface area contributed by atoms with E-state index in [2.05, 4.69) is 4.72 Å². The van der Waals surface area contributed by atoms with E-state index in [0.717, 1.165) is 17.4 Å². The zero-order valence-corrected chi connectivity index (χ0v) is 22.3. The number of hydrogen-bond donors (Lipinski definition) is 2. The van der Waals surface area contributed by atoms with Crippen molar-refractivity contribution in [2.75, 3.05) is 26.0 Å². The number of benzene rings is 2. The summed E-state index contributed by atoms with van der Waals surface area (Å²) >= 11 is 12.9. The number of carbonyl (C=O) groups excluding carboxylic acids is 1. The van der Waals surface area contributed by atoms with Crippen LogP contribution in [0.3, 0.4) is 0 Å². The molecule has 0 aromatic heterocycles. The first-order chi connectivity index (χ1) is 15.6. The normalized spacial score (nSPS) is 13.9. The number of sulfonamides is 1. The van der Waals surface area contributed by atoms with Gasteiger partial charge in [-0.2, -0.15) is 0 Å². The van der Waals surface area contributed by atoms with Crippen LogP contribution < -0.4 is 14.2 Å². The predicted molar refractivity (Wildman–Crippen MR) is 135 cm³/mol. The van der Waals surface area contributed by atoms with Crippen molar-refractivity contribution in [2.45, 2.75) is 45.1 Å². The van der Waals surface area contributed by atoms with Crippen LogP contribution in [0.2, 0.25) is 10.0 Å². The van der Waals surface area contributed by atoms with Crippen LogP contribution in [-0.4, -0.2) is 50.9 Å². The van der Waals surface area contributed by atoms with Crippen molar-refractivity contribution in [3.05, 3.63) is 57.6 Å². The summed E-state index contributed by atoms with van der Waals surface area (Å²) in [6.07, 6.45) is 1.51. The Morgan fingerprint density at radius 3 is 2.09 bits per heavy atom. The van der Waals surface area contributed by atoms with E-state index in [1.165, 1.54) is 0 Å². The lowest BCUT2D eigenvalue weighted by Gasteiger charge is -2.28. The Hall–Kier alpha value is -1.84. The minimum Gasteiger partial charge on any atom is -0.487 e. The third kappa shape index (κ3) is 8.13. The van der Waals surface area contributed by atoms with Crippen molar-refractivity contribution in [2.24, 2.45) is 0 Å². The molecule has 0 aliphatic carbocycles. The van der Waals surface area contributed by atoms with Crippen molar-refractivity contribution >= 4 is 39.0 Å². The molecule has 0 radical (unpaired) electrons. The molecule has 2 rings (SSSR count). The highest BCUT2D eigenvalue weighted by Crippen LogP contribution is 2.41. The molecule has 0 fully saturated rings. The first kappa shape index (κ1) is 28.4. The molecule has 0 saturated carbocycles. The van der Waals surface area contributed by atoms with Gasteiger partial charge in [0.25, 0.3) is 0 Å². The van der Waals surface area contributed by atoms with Crippen LogP contribution in [0, 0.1) is 0 Å². The van der Waals surface area contributed by atoms with E-state index in [1.807, 2.05) is 32.9 Å². The number of carbonyl (C=O) groups is 1. The second kappa shape index (κ2) is 11.3. The van der Waals surface area contributed by atoms with E-state index in [9.17, 15) is 18.3 Å². The van der Waals surface area contributed by atoms with Crippen molar-refractivity contribution in [1.82, 2.24) is 4.72 Å². The monoisotopic (exact) mass is 531 g/mol. The van der Waals surface area contributed by atoms with E-state index in [0.29, 0.717) is 28.0 Å². The van der Waals surface area contributed by atoms with Gasteiger partial charge in [0.05, 0.1) is 28.4 Å². The lowest BCUT2D eigenvalue weighted by molar-refractivity contribution is -0.119. The average Bonchev–Trinajstić information content (AvgIpc) is 2.75. The topological polar surface area (TPSA) is 102 Å². The smallest absolute Gasteiger partial charge is 0.209 e. The molecule has 2 N–H and O–H groups in total. The highest BCUT2D eigenvalue weighted by Gasteiger charge is 2.27. The molecule has 2 aromatic carbocycles. The molecule has 0 spiro atoms. The summed E-state index contributed by atoms with van der Waals surface area (Å²) in [7, 11) is -3.43. The number of rotatable bonds is 12. The van der Waals surface area contributed by atoms with Gasteiger partial charge in [0.2, 0.25) is 10.0 Å². The number of ether oxygens (including phenoxy) is 2. The van der Waals surface area contributed by atoms with Gasteiger partial charge in [-0.1, -0.05) is 56.1 Å². The van der Waals surface area contributed by atoms with Crippen molar-refractivity contribution in [1.29, 1.82) is 0 Å². The number of aliphatic hydroxyl groups is 1. The first-order valence-electron chi connectivity index (χ1n) is 10.7. The highest BCUT2D eigenvalue weighted by molar-refractivity contribution is 7.88. The fourth-order valence-corrected chi connectivity index (χ4v) is 3.97. The second-order valence-electron chi connectivity index (χ2n) is 8.98. The summed E-state index contributed by atoms with van der Waals surface area (Å²) in [6.45, 7) is 7.09. The van der Waals surface area contributed by atoms with E-state index < -0.39 is 21.0 Å².